The molecule has 21 heavy (non-hydrogen) atoms. The molecule has 3 nitrogen and oxygen atoms in total. The van der Waals surface area contributed by atoms with Crippen LogP contribution in [0, 0.1) is 6.92 Å². The van der Waals surface area contributed by atoms with Crippen molar-refractivity contribution in [1.82, 2.24) is 9.97 Å². The summed E-state index contributed by atoms with van der Waals surface area (Å²) in [4.78, 5) is 8.83. The average Bonchev–Trinajstić information content (AvgIpc) is 2.47. The molecule has 0 radical (unpaired) electrons. The highest BCUT2D eigenvalue weighted by molar-refractivity contribution is 9.10. The third-order valence-corrected chi connectivity index (χ3v) is 3.93. The predicted octanol–water partition coefficient (Wildman–Crippen LogP) is 4.87. The van der Waals surface area contributed by atoms with Gasteiger partial charge in [0.15, 0.2) is 0 Å². The maximum absolute atomic E-state index is 4.47. The lowest BCUT2D eigenvalue weighted by Crippen LogP contribution is -2.07. The standard InChI is InChI=1S/C17H16BrN3/c1-11-3-5-13(6-4-11)12(2)21-15-7-8-19-16-9-14(18)10-20-17(15)16/h3-10,12H,1-2H3,(H,19,21). The zero-order chi connectivity index (χ0) is 14.8. The van der Waals surface area contributed by atoms with Gasteiger partial charge in [-0.25, -0.2) is 0 Å². The van der Waals surface area contributed by atoms with E-state index in [1.165, 1.54) is 11.1 Å². The Morgan fingerprint density at radius 1 is 1.10 bits per heavy atom. The van der Waals surface area contributed by atoms with E-state index >= 15 is 0 Å². The van der Waals surface area contributed by atoms with Crippen LogP contribution in [-0.2, 0) is 0 Å². The number of benzene rings is 1. The molecule has 0 bridgehead atoms. The minimum Gasteiger partial charge on any atom is -0.377 e. The van der Waals surface area contributed by atoms with Crippen molar-refractivity contribution in [2.24, 2.45) is 0 Å². The smallest absolute Gasteiger partial charge is 0.112 e. The highest BCUT2D eigenvalue weighted by Crippen LogP contribution is 2.26. The van der Waals surface area contributed by atoms with Gasteiger partial charge in [0.1, 0.15) is 5.52 Å². The van der Waals surface area contributed by atoms with E-state index in [2.05, 4.69) is 69.3 Å². The summed E-state index contributed by atoms with van der Waals surface area (Å²) < 4.78 is 0.936. The summed E-state index contributed by atoms with van der Waals surface area (Å²) in [5, 5.41) is 3.52. The Morgan fingerprint density at radius 2 is 1.86 bits per heavy atom. The number of aromatic nitrogens is 2. The van der Waals surface area contributed by atoms with Crippen molar-refractivity contribution in [3.8, 4) is 0 Å². The third-order valence-electron chi connectivity index (χ3n) is 3.49. The van der Waals surface area contributed by atoms with Crippen molar-refractivity contribution in [2.75, 3.05) is 5.32 Å². The zero-order valence-electron chi connectivity index (χ0n) is 12.0. The van der Waals surface area contributed by atoms with Crippen LogP contribution in [0.4, 0.5) is 5.69 Å². The molecular weight excluding hydrogens is 326 g/mol. The van der Waals surface area contributed by atoms with Crippen LogP contribution in [0.1, 0.15) is 24.1 Å². The quantitative estimate of drug-likeness (QED) is 0.738. The van der Waals surface area contributed by atoms with Gasteiger partial charge in [0, 0.05) is 22.9 Å². The number of rotatable bonds is 3. The van der Waals surface area contributed by atoms with Gasteiger partial charge >= 0.3 is 0 Å². The number of hydrogen-bond acceptors (Lipinski definition) is 3. The molecule has 3 aromatic rings. The van der Waals surface area contributed by atoms with Crippen LogP contribution in [0.2, 0.25) is 0 Å². The molecule has 1 aromatic carbocycles. The molecule has 0 spiro atoms. The normalized spacial score (nSPS) is 12.3. The zero-order valence-corrected chi connectivity index (χ0v) is 13.6. The van der Waals surface area contributed by atoms with Crippen molar-refractivity contribution >= 4 is 32.7 Å². The van der Waals surface area contributed by atoms with Gasteiger partial charge in [-0.05, 0) is 47.5 Å². The molecule has 1 N–H and O–H groups in total. The van der Waals surface area contributed by atoms with E-state index in [4.69, 9.17) is 0 Å². The molecule has 0 amide bonds. The first-order chi connectivity index (χ1) is 10.1. The monoisotopic (exact) mass is 341 g/mol. The SMILES string of the molecule is Cc1ccc(C(C)Nc2ccnc3cc(Br)cnc23)cc1. The number of nitrogens with one attached hydrogen (secondary N) is 1. The van der Waals surface area contributed by atoms with Gasteiger partial charge in [-0.3, -0.25) is 9.97 Å². The fraction of sp³-hybridized carbons (Fsp3) is 0.176. The van der Waals surface area contributed by atoms with Crippen molar-refractivity contribution in [2.45, 2.75) is 19.9 Å². The van der Waals surface area contributed by atoms with Crippen LogP contribution in [0.5, 0.6) is 0 Å². The highest BCUT2D eigenvalue weighted by atomic mass is 79.9. The van der Waals surface area contributed by atoms with Crippen molar-refractivity contribution in [3.05, 3.63) is 64.4 Å². The second-order valence-electron chi connectivity index (χ2n) is 5.16. The van der Waals surface area contributed by atoms with Crippen LogP contribution in [0.25, 0.3) is 11.0 Å². The largest absolute Gasteiger partial charge is 0.377 e. The Hall–Kier alpha value is -1.94. The molecule has 0 aliphatic rings. The Kier molecular flexibility index (Phi) is 3.88. The lowest BCUT2D eigenvalue weighted by molar-refractivity contribution is 0.885. The van der Waals surface area contributed by atoms with E-state index in [1.54, 1.807) is 12.4 Å². The summed E-state index contributed by atoms with van der Waals surface area (Å²) in [5.41, 5.74) is 5.29. The fourth-order valence-corrected chi connectivity index (χ4v) is 2.61. The molecule has 2 aromatic heterocycles. The molecule has 2 heterocycles. The molecule has 106 valence electrons. The first-order valence-corrected chi connectivity index (χ1v) is 7.66. The van der Waals surface area contributed by atoms with E-state index in [0.29, 0.717) is 0 Å². The third kappa shape index (κ3) is 3.05. The Bertz CT molecular complexity index is 769. The summed E-state index contributed by atoms with van der Waals surface area (Å²) in [5.74, 6) is 0. The lowest BCUT2D eigenvalue weighted by Gasteiger charge is -2.17. The second-order valence-corrected chi connectivity index (χ2v) is 6.07. The number of nitrogens with zero attached hydrogens (tertiary/aromatic N) is 2. The lowest BCUT2D eigenvalue weighted by atomic mass is 10.1. The molecule has 0 fully saturated rings. The van der Waals surface area contributed by atoms with Crippen LogP contribution < -0.4 is 5.32 Å². The molecule has 1 atom stereocenters. The van der Waals surface area contributed by atoms with Gasteiger partial charge in [0.25, 0.3) is 0 Å². The maximum atomic E-state index is 4.47. The topological polar surface area (TPSA) is 37.8 Å². The average molecular weight is 342 g/mol. The Labute approximate surface area is 132 Å². The molecule has 0 aliphatic heterocycles. The van der Waals surface area contributed by atoms with E-state index in [0.717, 1.165) is 21.2 Å². The van der Waals surface area contributed by atoms with Crippen molar-refractivity contribution in [1.29, 1.82) is 0 Å². The van der Waals surface area contributed by atoms with Crippen LogP contribution in [0.15, 0.2) is 53.3 Å². The van der Waals surface area contributed by atoms with Crippen molar-refractivity contribution < 1.29 is 0 Å². The van der Waals surface area contributed by atoms with E-state index in [1.807, 2.05) is 12.1 Å². The second kappa shape index (κ2) is 5.82. The maximum Gasteiger partial charge on any atom is 0.112 e. The first kappa shape index (κ1) is 14.0. The number of hydrogen-bond donors (Lipinski definition) is 1. The molecular formula is C17H16BrN3. The number of halogens is 1. The van der Waals surface area contributed by atoms with E-state index in [9.17, 15) is 0 Å². The number of aryl methyl sites for hydroxylation is 1. The molecule has 0 aliphatic carbocycles. The first-order valence-electron chi connectivity index (χ1n) is 6.87. The summed E-state index contributed by atoms with van der Waals surface area (Å²) in [7, 11) is 0. The minimum atomic E-state index is 0.210. The summed E-state index contributed by atoms with van der Waals surface area (Å²) in [6.07, 6.45) is 3.60. The molecule has 0 saturated heterocycles. The van der Waals surface area contributed by atoms with Crippen LogP contribution in [-0.4, -0.2) is 9.97 Å². The molecule has 4 heteroatoms. The summed E-state index contributed by atoms with van der Waals surface area (Å²) >= 11 is 3.43. The Morgan fingerprint density at radius 3 is 2.62 bits per heavy atom. The predicted molar refractivity (Wildman–Crippen MR) is 90.5 cm³/mol. The summed E-state index contributed by atoms with van der Waals surface area (Å²) in [6, 6.07) is 12.7. The summed E-state index contributed by atoms with van der Waals surface area (Å²) in [6.45, 7) is 4.25. The van der Waals surface area contributed by atoms with Crippen molar-refractivity contribution in [3.63, 3.8) is 0 Å². The van der Waals surface area contributed by atoms with E-state index in [-0.39, 0.29) is 6.04 Å². The highest BCUT2D eigenvalue weighted by Gasteiger charge is 2.09. The fourth-order valence-electron chi connectivity index (χ4n) is 2.29. The molecule has 1 unspecified atom stereocenters. The van der Waals surface area contributed by atoms with Crippen LogP contribution in [0.3, 0.4) is 0 Å². The van der Waals surface area contributed by atoms with E-state index < -0.39 is 0 Å². The van der Waals surface area contributed by atoms with Gasteiger partial charge < -0.3 is 5.32 Å². The number of fused-ring (bicyclic) bond motifs is 1. The van der Waals surface area contributed by atoms with Crippen LogP contribution >= 0.6 is 15.9 Å². The van der Waals surface area contributed by atoms with Gasteiger partial charge in [-0.15, -0.1) is 0 Å². The Balaban J connectivity index is 1.92. The van der Waals surface area contributed by atoms with Gasteiger partial charge in [0.2, 0.25) is 0 Å². The number of pyridine rings is 2. The molecule has 3 rings (SSSR count). The van der Waals surface area contributed by atoms with Gasteiger partial charge in [0.05, 0.1) is 11.2 Å². The van der Waals surface area contributed by atoms with Gasteiger partial charge in [-0.1, -0.05) is 29.8 Å². The van der Waals surface area contributed by atoms with Gasteiger partial charge in [-0.2, -0.15) is 0 Å². The molecule has 0 saturated carbocycles. The number of anilines is 1. The minimum absolute atomic E-state index is 0.210.